The van der Waals surface area contributed by atoms with E-state index < -0.39 is 0 Å². The Morgan fingerprint density at radius 2 is 2.17 bits per heavy atom. The van der Waals surface area contributed by atoms with E-state index in [1.165, 1.54) is 4.68 Å². The molecule has 0 unspecified atom stereocenters. The summed E-state index contributed by atoms with van der Waals surface area (Å²) in [5, 5.41) is 18.5. The Morgan fingerprint density at radius 1 is 1.33 bits per heavy atom. The van der Waals surface area contributed by atoms with E-state index >= 15 is 0 Å². The number of benzene rings is 1. The molecule has 0 saturated carbocycles. The number of aromatic nitrogens is 4. The Labute approximate surface area is 138 Å². The normalized spacial score (nSPS) is 11.5. The third-order valence-electron chi connectivity index (χ3n) is 3.84. The van der Waals surface area contributed by atoms with Crippen LogP contribution in [0.15, 0.2) is 33.7 Å². The van der Waals surface area contributed by atoms with E-state index in [9.17, 15) is 4.79 Å². The summed E-state index contributed by atoms with van der Waals surface area (Å²) in [5.74, 6) is 1.59. The fourth-order valence-electron chi connectivity index (χ4n) is 2.45. The van der Waals surface area contributed by atoms with Gasteiger partial charge in [0.2, 0.25) is 5.89 Å². The number of hydrogen-bond acceptors (Lipinski definition) is 6. The van der Waals surface area contributed by atoms with Crippen LogP contribution in [0, 0.1) is 5.92 Å². The summed E-state index contributed by atoms with van der Waals surface area (Å²) in [6, 6.07) is 5.18. The van der Waals surface area contributed by atoms with E-state index in [2.05, 4.69) is 29.1 Å². The molecule has 2 heterocycles. The highest BCUT2D eigenvalue weighted by molar-refractivity contribution is 5.81. The van der Waals surface area contributed by atoms with Crippen LogP contribution in [0.3, 0.4) is 0 Å². The van der Waals surface area contributed by atoms with Crippen molar-refractivity contribution in [2.24, 2.45) is 5.92 Å². The lowest BCUT2D eigenvalue weighted by Crippen LogP contribution is -2.23. The first-order valence-corrected chi connectivity index (χ1v) is 7.98. The monoisotopic (exact) mass is 328 g/mol. The molecule has 0 saturated heterocycles. The zero-order chi connectivity index (χ0) is 17.1. The molecule has 0 aliphatic heterocycles. The van der Waals surface area contributed by atoms with Crippen molar-refractivity contribution in [3.05, 3.63) is 52.0 Å². The highest BCUT2D eigenvalue weighted by atomic mass is 16.5. The molecule has 126 valence electrons. The summed E-state index contributed by atoms with van der Waals surface area (Å²) >= 11 is 0. The van der Waals surface area contributed by atoms with Crippen molar-refractivity contribution in [2.45, 2.75) is 39.8 Å². The van der Waals surface area contributed by atoms with Gasteiger partial charge in [-0.1, -0.05) is 25.1 Å². The topological polar surface area (TPSA) is 94.0 Å². The third kappa shape index (κ3) is 3.51. The molecule has 24 heavy (non-hydrogen) atoms. The van der Waals surface area contributed by atoms with Crippen LogP contribution in [0.2, 0.25) is 0 Å². The van der Waals surface area contributed by atoms with Crippen molar-refractivity contribution < 1.29 is 9.63 Å². The maximum atomic E-state index is 12.5. The van der Waals surface area contributed by atoms with Crippen LogP contribution >= 0.6 is 0 Å². The highest BCUT2D eigenvalue weighted by Crippen LogP contribution is 2.12. The predicted octanol–water partition coefficient (Wildman–Crippen LogP) is 1.91. The zero-order valence-corrected chi connectivity index (χ0v) is 13.8. The fraction of sp³-hybridized carbons (Fsp3) is 0.412. The van der Waals surface area contributed by atoms with Crippen LogP contribution in [0.1, 0.15) is 37.5 Å². The molecular weight excluding hydrogens is 308 g/mol. The molecule has 0 radical (unpaired) electrons. The van der Waals surface area contributed by atoms with E-state index in [1.807, 2.05) is 0 Å². The lowest BCUT2D eigenvalue weighted by molar-refractivity contribution is 0.282. The summed E-state index contributed by atoms with van der Waals surface area (Å²) in [7, 11) is 0. The van der Waals surface area contributed by atoms with Crippen molar-refractivity contribution in [2.75, 3.05) is 0 Å². The molecule has 3 aromatic rings. The molecule has 3 rings (SSSR count). The summed E-state index contributed by atoms with van der Waals surface area (Å²) < 4.78 is 6.52. The van der Waals surface area contributed by atoms with Gasteiger partial charge in [-0.05, 0) is 30.0 Å². The summed E-state index contributed by atoms with van der Waals surface area (Å²) in [4.78, 5) is 16.8. The molecule has 0 fully saturated rings. The molecule has 1 aromatic carbocycles. The first kappa shape index (κ1) is 16.3. The number of aliphatic hydroxyl groups is 1. The largest absolute Gasteiger partial charge is 0.392 e. The van der Waals surface area contributed by atoms with Crippen LogP contribution in [-0.4, -0.2) is 25.0 Å². The second-order valence-electron chi connectivity index (χ2n) is 6.22. The Hall–Kier alpha value is -2.54. The summed E-state index contributed by atoms with van der Waals surface area (Å²) in [5.41, 5.74) is 0.520. The van der Waals surface area contributed by atoms with E-state index in [4.69, 9.17) is 9.63 Å². The van der Waals surface area contributed by atoms with Crippen molar-refractivity contribution in [1.29, 1.82) is 0 Å². The van der Waals surface area contributed by atoms with Gasteiger partial charge in [0.05, 0.1) is 18.2 Å². The number of aryl methyl sites for hydroxylation is 1. The van der Waals surface area contributed by atoms with Crippen LogP contribution < -0.4 is 5.56 Å². The van der Waals surface area contributed by atoms with Crippen molar-refractivity contribution >= 4 is 10.8 Å². The average molecular weight is 328 g/mol. The van der Waals surface area contributed by atoms with Crippen molar-refractivity contribution in [1.82, 2.24) is 19.9 Å². The van der Waals surface area contributed by atoms with Crippen molar-refractivity contribution in [3.8, 4) is 0 Å². The second-order valence-corrected chi connectivity index (χ2v) is 6.22. The van der Waals surface area contributed by atoms with Gasteiger partial charge >= 0.3 is 0 Å². The number of hydrogen-bond donors (Lipinski definition) is 1. The van der Waals surface area contributed by atoms with Crippen LogP contribution in [0.25, 0.3) is 10.8 Å². The number of nitrogens with zero attached hydrogens (tertiary/aromatic N) is 4. The SMILES string of the molecule is CC(C)CCc1noc(Cn2ncc3cc(CO)ccc3c2=O)n1. The molecule has 0 bridgehead atoms. The molecule has 0 aliphatic carbocycles. The van der Waals surface area contributed by atoms with Gasteiger partial charge in [0.25, 0.3) is 5.56 Å². The van der Waals surface area contributed by atoms with Crippen molar-refractivity contribution in [3.63, 3.8) is 0 Å². The number of fused-ring (bicyclic) bond motifs is 1. The molecular formula is C17H20N4O3. The Bertz CT molecular complexity index is 898. The maximum Gasteiger partial charge on any atom is 0.275 e. The van der Waals surface area contributed by atoms with Gasteiger partial charge in [-0.3, -0.25) is 4.79 Å². The van der Waals surface area contributed by atoms with E-state index in [0.717, 1.165) is 18.4 Å². The minimum absolute atomic E-state index is 0.0693. The van der Waals surface area contributed by atoms with Crippen LogP contribution in [-0.2, 0) is 19.6 Å². The van der Waals surface area contributed by atoms with Gasteiger partial charge in [-0.2, -0.15) is 10.1 Å². The zero-order valence-electron chi connectivity index (χ0n) is 13.8. The molecule has 7 nitrogen and oxygen atoms in total. The Kier molecular flexibility index (Phi) is 4.71. The standard InChI is InChI=1S/C17H20N4O3/c1-11(2)3-6-15-19-16(24-20-15)9-21-17(23)14-5-4-12(10-22)7-13(14)8-18-21/h4-5,7-8,11,22H,3,6,9-10H2,1-2H3. The Morgan fingerprint density at radius 3 is 2.92 bits per heavy atom. The maximum absolute atomic E-state index is 12.5. The smallest absolute Gasteiger partial charge is 0.275 e. The van der Waals surface area contributed by atoms with Gasteiger partial charge < -0.3 is 9.63 Å². The first-order chi connectivity index (χ1) is 11.6. The first-order valence-electron chi connectivity index (χ1n) is 7.98. The molecule has 1 N–H and O–H groups in total. The van der Waals surface area contributed by atoms with Gasteiger partial charge in [0.15, 0.2) is 5.82 Å². The number of aliphatic hydroxyl groups excluding tert-OH is 1. The van der Waals surface area contributed by atoms with Crippen LogP contribution in [0.5, 0.6) is 0 Å². The highest BCUT2D eigenvalue weighted by Gasteiger charge is 2.11. The van der Waals surface area contributed by atoms with Crippen LogP contribution in [0.4, 0.5) is 0 Å². The minimum atomic E-state index is -0.223. The predicted molar refractivity (Wildman–Crippen MR) is 88.5 cm³/mol. The Balaban J connectivity index is 1.83. The van der Waals surface area contributed by atoms with E-state index in [0.29, 0.717) is 28.4 Å². The third-order valence-corrected chi connectivity index (χ3v) is 3.84. The lowest BCUT2D eigenvalue weighted by Gasteiger charge is -2.04. The summed E-state index contributed by atoms with van der Waals surface area (Å²) in [6.45, 7) is 4.36. The second kappa shape index (κ2) is 6.92. The van der Waals surface area contributed by atoms with Gasteiger partial charge in [0, 0.05) is 11.8 Å². The molecule has 7 heteroatoms. The van der Waals surface area contributed by atoms with E-state index in [-0.39, 0.29) is 18.7 Å². The van der Waals surface area contributed by atoms with Gasteiger partial charge in [-0.25, -0.2) is 4.68 Å². The number of rotatable bonds is 6. The van der Waals surface area contributed by atoms with Gasteiger partial charge in [-0.15, -0.1) is 0 Å². The molecule has 2 aromatic heterocycles. The minimum Gasteiger partial charge on any atom is -0.392 e. The molecule has 0 amide bonds. The summed E-state index contributed by atoms with van der Waals surface area (Å²) in [6.07, 6.45) is 3.34. The fourth-order valence-corrected chi connectivity index (χ4v) is 2.45. The molecule has 0 aliphatic rings. The average Bonchev–Trinajstić information content (AvgIpc) is 3.03. The van der Waals surface area contributed by atoms with Gasteiger partial charge in [0.1, 0.15) is 6.54 Å². The molecule has 0 atom stereocenters. The quantitative estimate of drug-likeness (QED) is 0.743. The lowest BCUT2D eigenvalue weighted by atomic mass is 10.1. The molecule has 0 spiro atoms. The van der Waals surface area contributed by atoms with E-state index in [1.54, 1.807) is 24.4 Å².